The van der Waals surface area contributed by atoms with Gasteiger partial charge in [0.05, 0.1) is 10.5 Å². The molecule has 1 saturated carbocycles. The van der Waals surface area contributed by atoms with Crippen molar-refractivity contribution in [3.05, 3.63) is 29.8 Å². The second-order valence-electron chi connectivity index (χ2n) is 5.21. The molecule has 0 heterocycles. The van der Waals surface area contributed by atoms with Crippen molar-refractivity contribution in [2.45, 2.75) is 28.7 Å². The summed E-state index contributed by atoms with van der Waals surface area (Å²) in [7, 11) is -2.82. The molecule has 0 aliphatic heterocycles. The van der Waals surface area contributed by atoms with Crippen LogP contribution in [-0.4, -0.2) is 31.1 Å². The Bertz CT molecular complexity index is 612. The second-order valence-corrected chi connectivity index (χ2v) is 8.52. The molecule has 0 aromatic heterocycles. The van der Waals surface area contributed by atoms with Gasteiger partial charge in [0.25, 0.3) is 0 Å². The highest BCUT2D eigenvalue weighted by atomic mass is 79.9. The van der Waals surface area contributed by atoms with Gasteiger partial charge in [-0.25, -0.2) is 12.7 Å². The van der Waals surface area contributed by atoms with Gasteiger partial charge < -0.3 is 0 Å². The summed E-state index contributed by atoms with van der Waals surface area (Å²) in [6.07, 6.45) is -3.02. The zero-order chi connectivity index (χ0) is 15.8. The molecule has 1 aliphatic carbocycles. The topological polar surface area (TPSA) is 37.4 Å². The number of halogens is 4. The molecule has 1 aliphatic rings. The Morgan fingerprint density at radius 2 is 1.86 bits per heavy atom. The Kier molecular flexibility index (Phi) is 4.70. The molecule has 21 heavy (non-hydrogen) atoms. The van der Waals surface area contributed by atoms with Crippen LogP contribution in [0.15, 0.2) is 29.2 Å². The third-order valence-corrected chi connectivity index (χ3v) is 6.20. The number of hydrogen-bond donors (Lipinski definition) is 0. The molecule has 8 heteroatoms. The lowest BCUT2D eigenvalue weighted by Gasteiger charge is -2.34. The van der Waals surface area contributed by atoms with Crippen LogP contribution in [0.5, 0.6) is 0 Å². The smallest absolute Gasteiger partial charge is 0.207 e. The number of hydrogen-bond acceptors (Lipinski definition) is 2. The molecule has 0 bridgehead atoms. The van der Waals surface area contributed by atoms with Crippen LogP contribution in [0.25, 0.3) is 0 Å². The summed E-state index contributed by atoms with van der Waals surface area (Å²) in [5.74, 6) is 0.187. The van der Waals surface area contributed by atoms with Crippen molar-refractivity contribution in [3.8, 4) is 0 Å². The molecule has 118 valence electrons. The fourth-order valence-corrected chi connectivity index (χ4v) is 4.87. The largest absolute Gasteiger partial charge is 0.417 e. The van der Waals surface area contributed by atoms with Gasteiger partial charge in [-0.05, 0) is 30.9 Å². The van der Waals surface area contributed by atoms with Crippen molar-refractivity contribution in [2.75, 3.05) is 13.6 Å². The standard InChI is InChI=1S/C13H15BrF3NO2S/c1-18(8-9-6-10(14)7-9)21(19,20)12-5-3-2-4-11(12)13(15,16)17/h2-5,9-10H,6-8H2,1H3. The van der Waals surface area contributed by atoms with Crippen LogP contribution in [0, 0.1) is 5.92 Å². The Morgan fingerprint density at radius 1 is 1.29 bits per heavy atom. The lowest BCUT2D eigenvalue weighted by molar-refractivity contribution is -0.139. The third-order valence-electron chi connectivity index (χ3n) is 3.57. The zero-order valence-electron chi connectivity index (χ0n) is 11.3. The normalized spacial score (nSPS) is 23.1. The Morgan fingerprint density at radius 3 is 2.38 bits per heavy atom. The molecule has 0 radical (unpaired) electrons. The quantitative estimate of drug-likeness (QED) is 0.743. The number of benzene rings is 1. The summed E-state index contributed by atoms with van der Waals surface area (Å²) in [5.41, 5.74) is -1.12. The maximum absolute atomic E-state index is 12.9. The lowest BCUT2D eigenvalue weighted by Crippen LogP contribution is -2.38. The van der Waals surface area contributed by atoms with Crippen molar-refractivity contribution in [1.29, 1.82) is 0 Å². The minimum atomic E-state index is -4.69. The maximum Gasteiger partial charge on any atom is 0.417 e. The summed E-state index contributed by atoms with van der Waals surface area (Å²) in [6, 6.07) is 4.28. The van der Waals surface area contributed by atoms with Crippen LogP contribution in [0.3, 0.4) is 0 Å². The van der Waals surface area contributed by atoms with Crippen LogP contribution >= 0.6 is 15.9 Å². The summed E-state index contributed by atoms with van der Waals surface area (Å²) in [4.78, 5) is -0.309. The van der Waals surface area contributed by atoms with Gasteiger partial charge in [0.2, 0.25) is 10.0 Å². The van der Waals surface area contributed by atoms with Gasteiger partial charge in [0, 0.05) is 18.4 Å². The van der Waals surface area contributed by atoms with Crippen molar-refractivity contribution in [2.24, 2.45) is 5.92 Å². The van der Waals surface area contributed by atoms with Gasteiger partial charge in [-0.15, -0.1) is 0 Å². The van der Waals surface area contributed by atoms with Gasteiger partial charge in [0.1, 0.15) is 0 Å². The van der Waals surface area contributed by atoms with Gasteiger partial charge in [-0.2, -0.15) is 13.2 Å². The van der Waals surface area contributed by atoms with E-state index in [0.717, 1.165) is 29.3 Å². The molecule has 0 spiro atoms. The Hall–Kier alpha value is -0.600. The minimum absolute atomic E-state index is 0.187. The molecule has 0 N–H and O–H groups in total. The molecular formula is C13H15BrF3NO2S. The van der Waals surface area contributed by atoms with Crippen LogP contribution in [0.1, 0.15) is 18.4 Å². The zero-order valence-corrected chi connectivity index (χ0v) is 13.7. The van der Waals surface area contributed by atoms with E-state index in [1.165, 1.54) is 19.2 Å². The number of sulfonamides is 1. The fraction of sp³-hybridized carbons (Fsp3) is 0.538. The molecule has 0 atom stereocenters. The monoisotopic (exact) mass is 385 g/mol. The first-order valence-electron chi connectivity index (χ1n) is 6.39. The molecule has 0 unspecified atom stereocenters. The molecule has 0 saturated heterocycles. The summed E-state index contributed by atoms with van der Waals surface area (Å²) >= 11 is 3.41. The van der Waals surface area contributed by atoms with Gasteiger partial charge in [0.15, 0.2) is 0 Å². The third kappa shape index (κ3) is 3.60. The Balaban J connectivity index is 2.27. The van der Waals surface area contributed by atoms with E-state index in [2.05, 4.69) is 15.9 Å². The van der Waals surface area contributed by atoms with E-state index < -0.39 is 26.7 Å². The highest BCUT2D eigenvalue weighted by molar-refractivity contribution is 9.09. The first kappa shape index (κ1) is 16.8. The first-order chi connectivity index (χ1) is 9.62. The number of nitrogens with zero attached hydrogens (tertiary/aromatic N) is 1. The van der Waals surface area contributed by atoms with Crippen molar-refractivity contribution >= 4 is 26.0 Å². The van der Waals surface area contributed by atoms with Crippen molar-refractivity contribution < 1.29 is 21.6 Å². The first-order valence-corrected chi connectivity index (χ1v) is 8.74. The van der Waals surface area contributed by atoms with Crippen LogP contribution in [-0.2, 0) is 16.2 Å². The highest BCUT2D eigenvalue weighted by Gasteiger charge is 2.39. The van der Waals surface area contributed by atoms with Gasteiger partial charge in [-0.3, -0.25) is 0 Å². The fourth-order valence-electron chi connectivity index (χ4n) is 2.36. The minimum Gasteiger partial charge on any atom is -0.207 e. The predicted molar refractivity (Wildman–Crippen MR) is 76.7 cm³/mol. The lowest BCUT2D eigenvalue weighted by atomic mass is 9.85. The summed E-state index contributed by atoms with van der Waals surface area (Å²) in [5, 5.41) is 0. The SMILES string of the molecule is CN(CC1CC(Br)C1)S(=O)(=O)c1ccccc1C(F)(F)F. The number of rotatable bonds is 4. The van der Waals surface area contributed by atoms with E-state index in [-0.39, 0.29) is 12.5 Å². The van der Waals surface area contributed by atoms with E-state index in [1.807, 2.05) is 0 Å². The van der Waals surface area contributed by atoms with Crippen molar-refractivity contribution in [3.63, 3.8) is 0 Å². The molecule has 0 amide bonds. The predicted octanol–water partition coefficient (Wildman–Crippen LogP) is 3.50. The van der Waals surface area contributed by atoms with Gasteiger partial charge >= 0.3 is 6.18 Å². The van der Waals surface area contributed by atoms with E-state index in [4.69, 9.17) is 0 Å². The second kappa shape index (κ2) is 5.89. The molecule has 2 rings (SSSR count). The molecular weight excluding hydrogens is 371 g/mol. The van der Waals surface area contributed by atoms with Gasteiger partial charge in [-0.1, -0.05) is 28.1 Å². The van der Waals surface area contributed by atoms with E-state index in [0.29, 0.717) is 4.83 Å². The average molecular weight is 386 g/mol. The van der Waals surface area contributed by atoms with Crippen LogP contribution in [0.4, 0.5) is 13.2 Å². The summed E-state index contributed by atoms with van der Waals surface area (Å²) < 4.78 is 64.6. The molecule has 3 nitrogen and oxygen atoms in total. The van der Waals surface area contributed by atoms with E-state index >= 15 is 0 Å². The molecule has 1 aromatic rings. The van der Waals surface area contributed by atoms with E-state index in [1.54, 1.807) is 0 Å². The average Bonchev–Trinajstić information content (AvgIpc) is 2.35. The Labute approximate surface area is 130 Å². The maximum atomic E-state index is 12.9. The van der Waals surface area contributed by atoms with Crippen LogP contribution in [0.2, 0.25) is 0 Å². The van der Waals surface area contributed by atoms with E-state index in [9.17, 15) is 21.6 Å². The molecule has 1 fully saturated rings. The van der Waals surface area contributed by atoms with Crippen molar-refractivity contribution in [1.82, 2.24) is 4.31 Å². The number of alkyl halides is 4. The highest BCUT2D eigenvalue weighted by Crippen LogP contribution is 2.37. The summed E-state index contributed by atoms with van der Waals surface area (Å²) in [6.45, 7) is 0.233. The molecule has 1 aromatic carbocycles. The van der Waals surface area contributed by atoms with Crippen LogP contribution < -0.4 is 0 Å².